The van der Waals surface area contributed by atoms with Crippen LogP contribution in [-0.2, 0) is 10.0 Å². The second kappa shape index (κ2) is 5.94. The Morgan fingerprint density at radius 3 is 2.48 bits per heavy atom. The van der Waals surface area contributed by atoms with Crippen LogP contribution in [-0.4, -0.2) is 8.42 Å². The first-order valence-electron chi connectivity index (χ1n) is 5.74. The number of halogens is 3. The van der Waals surface area contributed by atoms with Gasteiger partial charge in [-0.25, -0.2) is 12.8 Å². The van der Waals surface area contributed by atoms with Crippen LogP contribution in [0.3, 0.4) is 0 Å². The Balaban J connectivity index is 2.47. The van der Waals surface area contributed by atoms with Gasteiger partial charge in [0.25, 0.3) is 10.0 Å². The van der Waals surface area contributed by atoms with Gasteiger partial charge in [0.15, 0.2) is 0 Å². The molecule has 0 aliphatic rings. The van der Waals surface area contributed by atoms with Crippen molar-refractivity contribution in [1.29, 1.82) is 0 Å². The van der Waals surface area contributed by atoms with Crippen LogP contribution >= 0.6 is 31.9 Å². The van der Waals surface area contributed by atoms with Crippen LogP contribution in [0.5, 0.6) is 0 Å². The quantitative estimate of drug-likeness (QED) is 0.711. The van der Waals surface area contributed by atoms with Gasteiger partial charge in [-0.3, -0.25) is 4.72 Å². The molecule has 21 heavy (non-hydrogen) atoms. The van der Waals surface area contributed by atoms with Gasteiger partial charge < -0.3 is 5.73 Å². The fourth-order valence-corrected chi connectivity index (χ4v) is 4.15. The minimum Gasteiger partial charge on any atom is -0.399 e. The van der Waals surface area contributed by atoms with E-state index in [9.17, 15) is 12.8 Å². The SMILES string of the molecule is Cc1cc(F)c(Br)cc1NS(=O)(=O)c1cc(N)ccc1Br. The molecule has 2 rings (SSSR count). The fraction of sp³-hybridized carbons (Fsp3) is 0.0769. The zero-order chi connectivity index (χ0) is 15.8. The van der Waals surface area contributed by atoms with Gasteiger partial charge >= 0.3 is 0 Å². The first kappa shape index (κ1) is 16.3. The molecule has 4 nitrogen and oxygen atoms in total. The van der Waals surface area contributed by atoms with Gasteiger partial charge in [-0.2, -0.15) is 0 Å². The molecule has 112 valence electrons. The Kier molecular flexibility index (Phi) is 4.60. The molecule has 0 bridgehead atoms. The van der Waals surface area contributed by atoms with Crippen molar-refractivity contribution in [2.24, 2.45) is 0 Å². The minimum atomic E-state index is -3.84. The molecule has 0 spiro atoms. The summed E-state index contributed by atoms with van der Waals surface area (Å²) in [5, 5.41) is 0. The lowest BCUT2D eigenvalue weighted by Gasteiger charge is -2.13. The van der Waals surface area contributed by atoms with Crippen molar-refractivity contribution >= 4 is 53.3 Å². The number of aryl methyl sites for hydroxylation is 1. The Hall–Kier alpha value is -1.12. The first-order valence-corrected chi connectivity index (χ1v) is 8.81. The summed E-state index contributed by atoms with van der Waals surface area (Å²) in [5.74, 6) is -0.458. The second-order valence-corrected chi connectivity index (χ2v) is 7.74. The summed E-state index contributed by atoms with van der Waals surface area (Å²) in [5.41, 5.74) is 6.71. The van der Waals surface area contributed by atoms with Gasteiger partial charge in [0.1, 0.15) is 10.7 Å². The van der Waals surface area contributed by atoms with Gasteiger partial charge in [0, 0.05) is 10.2 Å². The molecule has 3 N–H and O–H groups in total. The third kappa shape index (κ3) is 3.56. The number of sulfonamides is 1. The predicted octanol–water partition coefficient (Wildman–Crippen LogP) is 4.04. The Morgan fingerprint density at radius 2 is 1.81 bits per heavy atom. The van der Waals surface area contributed by atoms with Gasteiger partial charge in [0.05, 0.1) is 10.2 Å². The molecular formula is C13H11Br2FN2O2S. The molecule has 2 aromatic carbocycles. The van der Waals surface area contributed by atoms with Crippen molar-refractivity contribution in [3.05, 3.63) is 50.7 Å². The van der Waals surface area contributed by atoms with Crippen molar-refractivity contribution in [3.63, 3.8) is 0 Å². The summed E-state index contributed by atoms with van der Waals surface area (Å²) < 4.78 is 41.2. The van der Waals surface area contributed by atoms with E-state index in [0.29, 0.717) is 15.7 Å². The van der Waals surface area contributed by atoms with E-state index in [-0.39, 0.29) is 15.1 Å². The van der Waals surface area contributed by atoms with Crippen LogP contribution in [0.4, 0.5) is 15.8 Å². The molecule has 8 heteroatoms. The lowest BCUT2D eigenvalue weighted by atomic mass is 10.2. The van der Waals surface area contributed by atoms with Crippen LogP contribution in [0.25, 0.3) is 0 Å². The molecule has 2 aromatic rings. The van der Waals surface area contributed by atoms with E-state index >= 15 is 0 Å². The normalized spacial score (nSPS) is 11.4. The summed E-state index contributed by atoms with van der Waals surface area (Å²) >= 11 is 6.21. The summed E-state index contributed by atoms with van der Waals surface area (Å²) in [7, 11) is -3.84. The minimum absolute atomic E-state index is 0.0161. The topological polar surface area (TPSA) is 72.2 Å². The maximum absolute atomic E-state index is 13.4. The maximum atomic E-state index is 13.4. The third-order valence-electron chi connectivity index (χ3n) is 2.76. The Bertz CT molecular complexity index is 810. The summed E-state index contributed by atoms with van der Waals surface area (Å²) in [6, 6.07) is 7.11. The zero-order valence-corrected chi connectivity index (χ0v) is 14.8. The molecule has 0 saturated heterocycles. The molecule has 0 amide bonds. The number of nitrogen functional groups attached to an aromatic ring is 1. The molecule has 0 unspecified atom stereocenters. The molecule has 0 atom stereocenters. The number of nitrogens with one attached hydrogen (secondary N) is 1. The molecule has 0 aromatic heterocycles. The standard InChI is InChI=1S/C13H11Br2FN2O2S/c1-7-4-11(16)10(15)6-12(7)18-21(19,20)13-5-8(17)2-3-9(13)14/h2-6,18H,17H2,1H3. The van der Waals surface area contributed by atoms with E-state index in [4.69, 9.17) is 5.73 Å². The van der Waals surface area contributed by atoms with Crippen LogP contribution in [0, 0.1) is 12.7 Å². The fourth-order valence-electron chi connectivity index (χ4n) is 1.68. The number of benzene rings is 2. The van der Waals surface area contributed by atoms with Gasteiger partial charge in [-0.1, -0.05) is 0 Å². The Labute approximate surface area is 138 Å². The lowest BCUT2D eigenvalue weighted by Crippen LogP contribution is -2.15. The summed E-state index contributed by atoms with van der Waals surface area (Å²) in [6.07, 6.45) is 0. The highest BCUT2D eigenvalue weighted by atomic mass is 79.9. The third-order valence-corrected chi connectivity index (χ3v) is 5.72. The maximum Gasteiger partial charge on any atom is 0.263 e. The van der Waals surface area contributed by atoms with E-state index in [1.807, 2.05) is 0 Å². The van der Waals surface area contributed by atoms with Crippen LogP contribution in [0.2, 0.25) is 0 Å². The largest absolute Gasteiger partial charge is 0.399 e. The number of anilines is 2. The second-order valence-electron chi connectivity index (χ2n) is 4.38. The molecule has 0 saturated carbocycles. The molecule has 0 aliphatic carbocycles. The highest BCUT2D eigenvalue weighted by molar-refractivity contribution is 9.10. The van der Waals surface area contributed by atoms with Gasteiger partial charge in [-0.15, -0.1) is 0 Å². The summed E-state index contributed by atoms with van der Waals surface area (Å²) in [6.45, 7) is 1.61. The average Bonchev–Trinajstić information content (AvgIpc) is 2.38. The van der Waals surface area contributed by atoms with Crippen molar-refractivity contribution in [3.8, 4) is 0 Å². The Morgan fingerprint density at radius 1 is 1.14 bits per heavy atom. The van der Waals surface area contributed by atoms with Gasteiger partial charge in [0.2, 0.25) is 0 Å². The molecule has 0 aliphatic heterocycles. The predicted molar refractivity (Wildman–Crippen MR) is 88.2 cm³/mol. The van der Waals surface area contributed by atoms with E-state index < -0.39 is 15.8 Å². The van der Waals surface area contributed by atoms with Crippen molar-refractivity contribution in [2.75, 3.05) is 10.5 Å². The molecule has 0 heterocycles. The van der Waals surface area contributed by atoms with Crippen molar-refractivity contribution < 1.29 is 12.8 Å². The molecule has 0 radical (unpaired) electrons. The molecular weight excluding hydrogens is 427 g/mol. The van der Waals surface area contributed by atoms with Crippen molar-refractivity contribution in [2.45, 2.75) is 11.8 Å². The zero-order valence-electron chi connectivity index (χ0n) is 10.8. The van der Waals surface area contributed by atoms with Gasteiger partial charge in [-0.05, 0) is 74.7 Å². The average molecular weight is 438 g/mol. The lowest BCUT2D eigenvalue weighted by molar-refractivity contribution is 0.600. The number of hydrogen-bond acceptors (Lipinski definition) is 3. The van der Waals surface area contributed by atoms with Crippen LogP contribution in [0.15, 0.2) is 44.2 Å². The van der Waals surface area contributed by atoms with Crippen LogP contribution in [0.1, 0.15) is 5.56 Å². The van der Waals surface area contributed by atoms with Crippen molar-refractivity contribution in [1.82, 2.24) is 0 Å². The van der Waals surface area contributed by atoms with Crippen LogP contribution < -0.4 is 10.5 Å². The first-order chi connectivity index (χ1) is 9.70. The van der Waals surface area contributed by atoms with E-state index in [0.717, 1.165) is 0 Å². The highest BCUT2D eigenvalue weighted by Crippen LogP contribution is 2.29. The highest BCUT2D eigenvalue weighted by Gasteiger charge is 2.19. The smallest absolute Gasteiger partial charge is 0.263 e. The monoisotopic (exact) mass is 436 g/mol. The number of rotatable bonds is 3. The van der Waals surface area contributed by atoms with E-state index in [1.54, 1.807) is 19.1 Å². The van der Waals surface area contributed by atoms with E-state index in [1.165, 1.54) is 18.2 Å². The number of nitrogens with two attached hydrogens (primary N) is 1. The summed E-state index contributed by atoms with van der Waals surface area (Å²) in [4.78, 5) is 0.0161. The van der Waals surface area contributed by atoms with E-state index in [2.05, 4.69) is 36.6 Å². The molecule has 0 fully saturated rings. The number of hydrogen-bond donors (Lipinski definition) is 2.